The molecule has 0 radical (unpaired) electrons. The first-order chi connectivity index (χ1) is 5.36. The number of aromatic nitrogens is 1. The molecule has 0 aromatic carbocycles. The smallest absolute Gasteiger partial charge is 0.0648 e. The van der Waals surface area contributed by atoms with Crippen molar-refractivity contribution < 1.29 is 0 Å². The van der Waals surface area contributed by atoms with Gasteiger partial charge in [-0.05, 0) is 19.1 Å². The van der Waals surface area contributed by atoms with Crippen LogP contribution in [-0.2, 0) is 5.88 Å². The monoisotopic (exact) mass is 206 g/mol. The number of nitrogens with zero attached hydrogens (tertiary/aromatic N) is 1. The average molecular weight is 207 g/mol. The van der Waals surface area contributed by atoms with E-state index in [4.69, 9.17) is 11.6 Å². The van der Waals surface area contributed by atoms with E-state index >= 15 is 0 Å². The van der Waals surface area contributed by atoms with Gasteiger partial charge in [-0.25, -0.2) is 0 Å². The Hall–Kier alpha value is -0.470. The van der Waals surface area contributed by atoms with Crippen molar-refractivity contribution in [2.45, 2.75) is 12.8 Å². The van der Waals surface area contributed by atoms with Gasteiger partial charge in [-0.3, -0.25) is 4.98 Å². The summed E-state index contributed by atoms with van der Waals surface area (Å²) in [5.41, 5.74) is 1.99. The molecule has 0 atom stereocenters. The van der Waals surface area contributed by atoms with Crippen molar-refractivity contribution in [1.29, 1.82) is 0 Å². The third-order valence-corrected chi connectivity index (χ3v) is 1.61. The molecule has 68 valence electrons. The Labute approximate surface area is 83.8 Å². The highest BCUT2D eigenvalue weighted by atomic mass is 35.5. The Bertz CT molecular complexity index is 228. The maximum Gasteiger partial charge on any atom is 0.0648 e. The fourth-order valence-corrected chi connectivity index (χ4v) is 1.01. The summed E-state index contributed by atoms with van der Waals surface area (Å²) in [6.45, 7) is 2.98. The van der Waals surface area contributed by atoms with Crippen LogP contribution < -0.4 is 5.32 Å². The zero-order chi connectivity index (χ0) is 8.10. The first-order valence-corrected chi connectivity index (χ1v) is 4.15. The molecule has 0 bridgehead atoms. The van der Waals surface area contributed by atoms with Crippen LogP contribution in [0.3, 0.4) is 0 Å². The van der Waals surface area contributed by atoms with E-state index in [1.54, 1.807) is 6.20 Å². The van der Waals surface area contributed by atoms with Crippen LogP contribution in [0.2, 0.25) is 0 Å². The minimum absolute atomic E-state index is 0. The summed E-state index contributed by atoms with van der Waals surface area (Å²) in [4.78, 5) is 4.07. The maximum absolute atomic E-state index is 5.61. The summed E-state index contributed by atoms with van der Waals surface area (Å²) in [5.74, 6) is 0.471. The predicted molar refractivity (Wildman–Crippen MR) is 55.2 cm³/mol. The van der Waals surface area contributed by atoms with Crippen LogP contribution in [-0.4, -0.2) is 11.5 Å². The first-order valence-electron chi connectivity index (χ1n) is 3.61. The van der Waals surface area contributed by atoms with Crippen LogP contribution >= 0.6 is 24.0 Å². The molecule has 1 rings (SSSR count). The van der Waals surface area contributed by atoms with E-state index in [-0.39, 0.29) is 12.4 Å². The van der Waals surface area contributed by atoms with Gasteiger partial charge in [0.2, 0.25) is 0 Å². The van der Waals surface area contributed by atoms with Gasteiger partial charge in [-0.2, -0.15) is 0 Å². The summed E-state index contributed by atoms with van der Waals surface area (Å²) < 4.78 is 0. The van der Waals surface area contributed by atoms with Crippen LogP contribution in [0.15, 0.2) is 18.3 Å². The average Bonchev–Trinajstić information content (AvgIpc) is 2.06. The minimum atomic E-state index is 0. The molecule has 0 unspecified atom stereocenters. The zero-order valence-corrected chi connectivity index (χ0v) is 8.45. The molecular weight excluding hydrogens is 195 g/mol. The topological polar surface area (TPSA) is 24.9 Å². The third kappa shape index (κ3) is 3.28. The highest BCUT2D eigenvalue weighted by Gasteiger charge is 1.92. The van der Waals surface area contributed by atoms with Gasteiger partial charge in [-0.1, -0.05) is 0 Å². The van der Waals surface area contributed by atoms with Gasteiger partial charge in [-0.15, -0.1) is 24.0 Å². The largest absolute Gasteiger partial charge is 0.385 e. The van der Waals surface area contributed by atoms with E-state index in [1.165, 1.54) is 0 Å². The summed E-state index contributed by atoms with van der Waals surface area (Å²) >= 11 is 5.61. The van der Waals surface area contributed by atoms with E-state index in [1.807, 2.05) is 12.1 Å². The Morgan fingerprint density at radius 1 is 1.58 bits per heavy atom. The van der Waals surface area contributed by atoms with Crippen molar-refractivity contribution in [3.05, 3.63) is 24.0 Å². The molecule has 0 spiro atoms. The number of pyridine rings is 1. The lowest BCUT2D eigenvalue weighted by Gasteiger charge is -2.02. The van der Waals surface area contributed by atoms with Crippen molar-refractivity contribution in [2.24, 2.45) is 0 Å². The van der Waals surface area contributed by atoms with Gasteiger partial charge < -0.3 is 5.32 Å². The van der Waals surface area contributed by atoms with Crippen LogP contribution in [0.4, 0.5) is 5.69 Å². The molecule has 0 aliphatic rings. The van der Waals surface area contributed by atoms with E-state index in [2.05, 4.69) is 17.2 Å². The normalized spacial score (nSPS) is 8.83. The lowest BCUT2D eigenvalue weighted by molar-refractivity contribution is 1.14. The van der Waals surface area contributed by atoms with Gasteiger partial charge in [0, 0.05) is 18.4 Å². The minimum Gasteiger partial charge on any atom is -0.385 e. The lowest BCUT2D eigenvalue weighted by Crippen LogP contribution is -1.97. The second kappa shape index (κ2) is 6.09. The van der Waals surface area contributed by atoms with E-state index < -0.39 is 0 Å². The molecule has 0 aliphatic heterocycles. The molecular formula is C8H12Cl2N2. The summed E-state index contributed by atoms with van der Waals surface area (Å²) in [6.07, 6.45) is 1.76. The molecule has 4 heteroatoms. The van der Waals surface area contributed by atoms with Crippen molar-refractivity contribution >= 4 is 29.7 Å². The maximum atomic E-state index is 5.61. The third-order valence-electron chi connectivity index (χ3n) is 1.33. The van der Waals surface area contributed by atoms with E-state index in [9.17, 15) is 0 Å². The van der Waals surface area contributed by atoms with Crippen molar-refractivity contribution in [3.63, 3.8) is 0 Å². The molecule has 1 aromatic heterocycles. The van der Waals surface area contributed by atoms with Gasteiger partial charge >= 0.3 is 0 Å². The van der Waals surface area contributed by atoms with Crippen molar-refractivity contribution in [2.75, 3.05) is 11.9 Å². The molecule has 1 heterocycles. The van der Waals surface area contributed by atoms with Gasteiger partial charge in [0.15, 0.2) is 0 Å². The Morgan fingerprint density at radius 3 is 2.92 bits per heavy atom. The van der Waals surface area contributed by atoms with Crippen molar-refractivity contribution in [1.82, 2.24) is 4.98 Å². The number of anilines is 1. The van der Waals surface area contributed by atoms with Crippen LogP contribution in [0.5, 0.6) is 0 Å². The number of rotatable bonds is 3. The molecule has 0 saturated heterocycles. The van der Waals surface area contributed by atoms with Crippen LogP contribution in [0, 0.1) is 0 Å². The standard InChI is InChI=1S/C8H11ClN2.ClH/c1-2-10-7-3-4-11-8(5-7)6-9;/h3-5H,2,6H2,1H3,(H,10,11);1H. The Balaban J connectivity index is 0.00000121. The van der Waals surface area contributed by atoms with Gasteiger partial charge in [0.05, 0.1) is 11.6 Å². The number of halogens is 2. The second-order valence-electron chi connectivity index (χ2n) is 2.20. The fraction of sp³-hybridized carbons (Fsp3) is 0.375. The summed E-state index contributed by atoms with van der Waals surface area (Å²) in [6, 6.07) is 3.88. The van der Waals surface area contributed by atoms with Gasteiger partial charge in [0.25, 0.3) is 0 Å². The number of hydrogen-bond donors (Lipinski definition) is 1. The molecule has 0 fully saturated rings. The molecule has 0 saturated carbocycles. The predicted octanol–water partition coefficient (Wildman–Crippen LogP) is 2.67. The fourth-order valence-electron chi connectivity index (χ4n) is 0.865. The second-order valence-corrected chi connectivity index (χ2v) is 2.47. The number of alkyl halides is 1. The zero-order valence-electron chi connectivity index (χ0n) is 6.88. The SMILES string of the molecule is CCNc1ccnc(CCl)c1.Cl. The van der Waals surface area contributed by atoms with Crippen molar-refractivity contribution in [3.8, 4) is 0 Å². The summed E-state index contributed by atoms with van der Waals surface area (Å²) in [7, 11) is 0. The lowest BCUT2D eigenvalue weighted by atomic mass is 10.3. The molecule has 12 heavy (non-hydrogen) atoms. The van der Waals surface area contributed by atoms with Gasteiger partial charge in [0.1, 0.15) is 0 Å². The van der Waals surface area contributed by atoms with E-state index in [0.717, 1.165) is 17.9 Å². The van der Waals surface area contributed by atoms with Crippen LogP contribution in [0.25, 0.3) is 0 Å². The number of nitrogens with one attached hydrogen (secondary N) is 1. The summed E-state index contributed by atoms with van der Waals surface area (Å²) in [5, 5.41) is 3.18. The molecule has 0 amide bonds. The highest BCUT2D eigenvalue weighted by molar-refractivity contribution is 6.16. The van der Waals surface area contributed by atoms with Crippen LogP contribution in [0.1, 0.15) is 12.6 Å². The Kier molecular flexibility index (Phi) is 5.85. The Morgan fingerprint density at radius 2 is 2.33 bits per heavy atom. The van der Waals surface area contributed by atoms with E-state index in [0.29, 0.717) is 5.88 Å². The molecule has 2 nitrogen and oxygen atoms in total. The molecule has 1 aromatic rings. The first kappa shape index (κ1) is 11.5. The quantitative estimate of drug-likeness (QED) is 0.770. The molecule has 1 N–H and O–H groups in total. The number of hydrogen-bond acceptors (Lipinski definition) is 2. The highest BCUT2D eigenvalue weighted by Crippen LogP contribution is 2.08. The molecule has 0 aliphatic carbocycles.